The lowest BCUT2D eigenvalue weighted by Gasteiger charge is -2.32. The summed E-state index contributed by atoms with van der Waals surface area (Å²) in [5.74, 6) is 1.73. The van der Waals surface area contributed by atoms with Crippen LogP contribution >= 0.6 is 36.6 Å². The number of hydrogen-bond acceptors (Lipinski definition) is 5. The van der Waals surface area contributed by atoms with Crippen molar-refractivity contribution >= 4 is 53.4 Å². The molecule has 6 nitrogen and oxygen atoms in total. The fraction of sp³-hybridized carbons (Fsp3) is 0.500. The number of amides is 1. The summed E-state index contributed by atoms with van der Waals surface area (Å²) in [6, 6.07) is 5.59. The minimum atomic E-state index is -0.0452. The number of aromatic amines is 1. The molecule has 1 aromatic heterocycles. The summed E-state index contributed by atoms with van der Waals surface area (Å²) >= 11 is 1.79. The summed E-state index contributed by atoms with van der Waals surface area (Å²) in [4.78, 5) is 32.5. The molecule has 0 bridgehead atoms. The Balaban J connectivity index is 0.00000150. The Bertz CT molecular complexity index is 913. The van der Waals surface area contributed by atoms with Gasteiger partial charge in [0, 0.05) is 67.1 Å². The van der Waals surface area contributed by atoms with Crippen LogP contribution < -0.4 is 10.9 Å². The molecule has 9 heteroatoms. The molecule has 0 radical (unpaired) electrons. The predicted molar refractivity (Wildman–Crippen MR) is 125 cm³/mol. The van der Waals surface area contributed by atoms with E-state index in [1.807, 2.05) is 12.1 Å². The molecular formula is C20H28Cl2N4O2S. The largest absolute Gasteiger partial charge is 0.351 e. The van der Waals surface area contributed by atoms with Crippen LogP contribution in [0.15, 0.2) is 23.0 Å². The highest BCUT2D eigenvalue weighted by molar-refractivity contribution is 7.98. The maximum atomic E-state index is 12.6. The van der Waals surface area contributed by atoms with Gasteiger partial charge in [0.15, 0.2) is 0 Å². The van der Waals surface area contributed by atoms with Crippen LogP contribution in [-0.2, 0) is 12.2 Å². The first-order valence-corrected chi connectivity index (χ1v) is 10.7. The lowest BCUT2D eigenvalue weighted by Crippen LogP contribution is -2.46. The number of pyridine rings is 1. The Labute approximate surface area is 187 Å². The summed E-state index contributed by atoms with van der Waals surface area (Å²) in [6.07, 6.45) is 0.884. The van der Waals surface area contributed by atoms with Crippen LogP contribution in [-0.4, -0.2) is 72.8 Å². The van der Waals surface area contributed by atoms with Crippen molar-refractivity contribution in [2.45, 2.75) is 12.2 Å². The minimum absolute atomic E-state index is 0. The number of likely N-dealkylation sites (N-methyl/N-ethyl adjacent to an activating group) is 1. The molecule has 3 heterocycles. The Hall–Kier alpha value is -1.25. The van der Waals surface area contributed by atoms with Gasteiger partial charge in [-0.05, 0) is 43.0 Å². The van der Waals surface area contributed by atoms with E-state index in [0.717, 1.165) is 72.7 Å². The number of rotatable bonds is 4. The standard InChI is InChI=1S/C20H26N4O2S.2ClH/c1-23-7-9-24(10-8-23)6-5-21-19(25)14-2-3-18-16(12-14)15-4-11-27-13-17(15)20(26)22-18;;/h2-3,12H,4-11,13H2,1H3,(H,21,25)(H,22,26);2*1H. The molecule has 2 N–H and O–H groups in total. The van der Waals surface area contributed by atoms with Crippen LogP contribution in [0.5, 0.6) is 0 Å². The maximum absolute atomic E-state index is 12.6. The lowest BCUT2D eigenvalue weighted by atomic mass is 9.99. The molecule has 2 aliphatic rings. The number of thioether (sulfide) groups is 1. The van der Waals surface area contributed by atoms with Crippen molar-refractivity contribution in [3.63, 3.8) is 0 Å². The molecule has 29 heavy (non-hydrogen) atoms. The van der Waals surface area contributed by atoms with E-state index in [0.29, 0.717) is 12.1 Å². The number of carbonyl (C=O) groups is 1. The second-order valence-electron chi connectivity index (χ2n) is 7.37. The number of fused-ring (bicyclic) bond motifs is 3. The number of aromatic nitrogens is 1. The van der Waals surface area contributed by atoms with Crippen molar-refractivity contribution in [3.05, 3.63) is 45.2 Å². The van der Waals surface area contributed by atoms with Crippen molar-refractivity contribution in [2.75, 3.05) is 52.1 Å². The van der Waals surface area contributed by atoms with Crippen molar-refractivity contribution in [1.29, 1.82) is 0 Å². The van der Waals surface area contributed by atoms with E-state index in [-0.39, 0.29) is 36.3 Å². The first-order chi connectivity index (χ1) is 13.1. The van der Waals surface area contributed by atoms with E-state index in [1.54, 1.807) is 17.8 Å². The molecule has 160 valence electrons. The Morgan fingerprint density at radius 2 is 1.93 bits per heavy atom. The van der Waals surface area contributed by atoms with Crippen LogP contribution in [0, 0.1) is 0 Å². The number of nitrogens with one attached hydrogen (secondary N) is 2. The first-order valence-electron chi connectivity index (χ1n) is 9.56. The molecule has 0 unspecified atom stereocenters. The van der Waals surface area contributed by atoms with E-state index in [1.165, 1.54) is 0 Å². The number of carbonyl (C=O) groups excluding carboxylic acids is 1. The fourth-order valence-electron chi connectivity index (χ4n) is 3.83. The number of hydrogen-bond donors (Lipinski definition) is 2. The normalized spacial score (nSPS) is 17.1. The van der Waals surface area contributed by atoms with E-state index >= 15 is 0 Å². The zero-order valence-corrected chi connectivity index (χ0v) is 19.0. The van der Waals surface area contributed by atoms with Crippen molar-refractivity contribution in [1.82, 2.24) is 20.1 Å². The lowest BCUT2D eigenvalue weighted by molar-refractivity contribution is 0.0941. The highest BCUT2D eigenvalue weighted by Gasteiger charge is 2.18. The van der Waals surface area contributed by atoms with E-state index in [2.05, 4.69) is 27.1 Å². The predicted octanol–water partition coefficient (Wildman–Crippen LogP) is 2.14. The van der Waals surface area contributed by atoms with Crippen molar-refractivity contribution in [2.24, 2.45) is 0 Å². The molecule has 0 atom stereocenters. The SMILES string of the molecule is CN1CCN(CCNC(=O)c2ccc3[nH]c(=O)c4c(c3c2)CCSC4)CC1.Cl.Cl. The summed E-state index contributed by atoms with van der Waals surface area (Å²) < 4.78 is 0. The van der Waals surface area contributed by atoms with Crippen LogP contribution in [0.3, 0.4) is 0 Å². The second kappa shape index (κ2) is 10.7. The number of H-pyrrole nitrogens is 1. The third-order valence-corrected chi connectivity index (χ3v) is 6.53. The first kappa shape index (κ1) is 24.0. The zero-order chi connectivity index (χ0) is 18.8. The van der Waals surface area contributed by atoms with Crippen molar-refractivity contribution < 1.29 is 4.79 Å². The van der Waals surface area contributed by atoms with Crippen LogP contribution in [0.2, 0.25) is 0 Å². The van der Waals surface area contributed by atoms with Gasteiger partial charge in [0.2, 0.25) is 0 Å². The van der Waals surface area contributed by atoms with Crippen molar-refractivity contribution in [3.8, 4) is 0 Å². The Morgan fingerprint density at radius 3 is 2.69 bits per heavy atom. The molecule has 1 amide bonds. The average Bonchev–Trinajstić information content (AvgIpc) is 2.69. The summed E-state index contributed by atoms with van der Waals surface area (Å²) in [5.41, 5.74) is 3.47. The minimum Gasteiger partial charge on any atom is -0.351 e. The van der Waals surface area contributed by atoms with Gasteiger partial charge in [0.1, 0.15) is 0 Å². The average molecular weight is 459 g/mol. The molecule has 1 aromatic carbocycles. The van der Waals surface area contributed by atoms with Gasteiger partial charge in [0.05, 0.1) is 0 Å². The molecule has 0 aliphatic carbocycles. The molecule has 2 aliphatic heterocycles. The van der Waals surface area contributed by atoms with Gasteiger partial charge in [0.25, 0.3) is 11.5 Å². The van der Waals surface area contributed by atoms with Crippen LogP contribution in [0.1, 0.15) is 21.5 Å². The van der Waals surface area contributed by atoms with Crippen LogP contribution in [0.4, 0.5) is 0 Å². The van der Waals surface area contributed by atoms with Gasteiger partial charge in [-0.2, -0.15) is 11.8 Å². The molecule has 0 spiro atoms. The third kappa shape index (κ3) is 5.47. The van der Waals surface area contributed by atoms with Gasteiger partial charge >= 0.3 is 0 Å². The van der Waals surface area contributed by atoms with Gasteiger partial charge < -0.3 is 15.2 Å². The number of nitrogens with zero attached hydrogens (tertiary/aromatic N) is 2. The molecule has 2 aromatic rings. The second-order valence-corrected chi connectivity index (χ2v) is 8.48. The van der Waals surface area contributed by atoms with E-state index in [9.17, 15) is 9.59 Å². The van der Waals surface area contributed by atoms with Gasteiger partial charge in [-0.1, -0.05) is 0 Å². The maximum Gasteiger partial charge on any atom is 0.252 e. The molecule has 4 rings (SSSR count). The highest BCUT2D eigenvalue weighted by Crippen LogP contribution is 2.28. The Morgan fingerprint density at radius 1 is 1.17 bits per heavy atom. The molecule has 0 saturated carbocycles. The third-order valence-electron chi connectivity index (χ3n) is 5.55. The number of piperazine rings is 1. The molecular weight excluding hydrogens is 431 g/mol. The highest BCUT2D eigenvalue weighted by atomic mass is 35.5. The summed E-state index contributed by atoms with van der Waals surface area (Å²) in [5, 5.41) is 4.05. The monoisotopic (exact) mass is 458 g/mol. The van der Waals surface area contributed by atoms with Crippen LogP contribution in [0.25, 0.3) is 10.9 Å². The van der Waals surface area contributed by atoms with Gasteiger partial charge in [-0.25, -0.2) is 0 Å². The molecule has 1 fully saturated rings. The van der Waals surface area contributed by atoms with Gasteiger partial charge in [-0.15, -0.1) is 24.8 Å². The Kier molecular flexibility index (Phi) is 8.85. The smallest absolute Gasteiger partial charge is 0.252 e. The summed E-state index contributed by atoms with van der Waals surface area (Å²) in [7, 11) is 2.14. The van der Waals surface area contributed by atoms with Gasteiger partial charge in [-0.3, -0.25) is 14.5 Å². The zero-order valence-electron chi connectivity index (χ0n) is 16.5. The quantitative estimate of drug-likeness (QED) is 0.734. The number of benzene rings is 1. The fourth-order valence-corrected chi connectivity index (χ4v) is 4.83. The number of aryl methyl sites for hydroxylation is 1. The van der Waals surface area contributed by atoms with E-state index in [4.69, 9.17) is 0 Å². The topological polar surface area (TPSA) is 68.4 Å². The van der Waals surface area contributed by atoms with E-state index < -0.39 is 0 Å². The summed E-state index contributed by atoms with van der Waals surface area (Å²) in [6.45, 7) is 5.81. The number of halogens is 2. The molecule has 1 saturated heterocycles.